The van der Waals surface area contributed by atoms with Gasteiger partial charge in [0.2, 0.25) is 0 Å². The van der Waals surface area contributed by atoms with Gasteiger partial charge in [-0.2, -0.15) is 5.26 Å². The van der Waals surface area contributed by atoms with Gasteiger partial charge in [0.15, 0.2) is 17.1 Å². The molecular formula is C34H40N2O8S4. The number of esters is 4. The average molecular weight is 733 g/mol. The van der Waals surface area contributed by atoms with Crippen LogP contribution in [-0.2, 0) is 28.7 Å². The monoisotopic (exact) mass is 732 g/mol. The molecule has 1 aromatic carbocycles. The van der Waals surface area contributed by atoms with Crippen LogP contribution in [0.2, 0.25) is 0 Å². The summed E-state index contributed by atoms with van der Waals surface area (Å²) in [7, 11) is 0. The lowest BCUT2D eigenvalue weighted by Gasteiger charge is -2.20. The summed E-state index contributed by atoms with van der Waals surface area (Å²) < 4.78 is 23.2. The van der Waals surface area contributed by atoms with Gasteiger partial charge in [0.25, 0.3) is 5.70 Å². The third kappa shape index (κ3) is 9.14. The van der Waals surface area contributed by atoms with Crippen LogP contribution in [0.4, 0.5) is 0 Å². The van der Waals surface area contributed by atoms with E-state index in [9.17, 15) is 24.4 Å². The number of hydrogen-bond donors (Lipinski definition) is 0. The molecule has 0 radical (unpaired) electrons. The van der Waals surface area contributed by atoms with E-state index in [0.717, 1.165) is 72.7 Å². The Morgan fingerprint density at radius 1 is 0.708 bits per heavy atom. The SMILES string of the molecule is [C-]#[N+]C(C(=O)OCC)=C1Sc2c(OC(=O)C(CC)CCCC)c3c(c(OC(=O)C(CC)CCCC)c2S1)SC(=C(C#N)C(=O)OCC)S3. The minimum absolute atomic E-state index is 0.0676. The standard InChI is InChI=1S/C34H40N2O8S4/c1-8-14-16-19(10-3)29(37)43-23-25-26(46-33(45-25)21(18-35)31(39)41-12-5)24(44-30(38)20(11-4)17-15-9-2)28-27(23)47-34(48-28)22(36-7)32(40)42-13-6/h19-20H,8-17H2,1-6H3. The van der Waals surface area contributed by atoms with Gasteiger partial charge >= 0.3 is 23.9 Å². The Bertz CT molecular complexity index is 1420. The second-order valence-electron chi connectivity index (χ2n) is 10.7. The zero-order chi connectivity index (χ0) is 35.4. The van der Waals surface area contributed by atoms with Crippen LogP contribution in [-0.4, -0.2) is 37.1 Å². The van der Waals surface area contributed by atoms with E-state index in [1.165, 1.54) is 0 Å². The number of rotatable bonds is 16. The maximum absolute atomic E-state index is 13.7. The largest absolute Gasteiger partial charge is 0.471 e. The number of benzene rings is 1. The molecule has 0 saturated carbocycles. The molecule has 14 heteroatoms. The first kappa shape index (κ1) is 39.4. The number of thioether (sulfide) groups is 4. The average Bonchev–Trinajstić information content (AvgIpc) is 3.70. The maximum Gasteiger partial charge on any atom is 0.350 e. The van der Waals surface area contributed by atoms with Crippen molar-refractivity contribution in [2.45, 2.75) is 112 Å². The second-order valence-corrected chi connectivity index (χ2v) is 15.3. The minimum Gasteiger partial charge on any atom is -0.471 e. The van der Waals surface area contributed by atoms with Crippen molar-refractivity contribution in [2.75, 3.05) is 13.2 Å². The van der Waals surface area contributed by atoms with Crippen LogP contribution < -0.4 is 9.47 Å². The fourth-order valence-corrected chi connectivity index (χ4v) is 10.1. The molecule has 258 valence electrons. The van der Waals surface area contributed by atoms with Crippen molar-refractivity contribution in [2.24, 2.45) is 11.8 Å². The van der Waals surface area contributed by atoms with E-state index >= 15 is 0 Å². The zero-order valence-corrected chi connectivity index (χ0v) is 31.3. The Balaban J connectivity index is 2.32. The molecule has 3 rings (SSSR count). The van der Waals surface area contributed by atoms with Crippen molar-refractivity contribution in [1.29, 1.82) is 5.26 Å². The molecule has 0 saturated heterocycles. The predicted molar refractivity (Wildman–Crippen MR) is 187 cm³/mol. The summed E-state index contributed by atoms with van der Waals surface area (Å²) in [6, 6.07) is 1.94. The van der Waals surface area contributed by atoms with Crippen molar-refractivity contribution in [3.05, 3.63) is 31.2 Å². The normalized spacial score (nSPS) is 14.2. The highest BCUT2D eigenvalue weighted by atomic mass is 32.2. The van der Waals surface area contributed by atoms with Gasteiger partial charge in [-0.05, 0) is 39.5 Å². The molecule has 2 unspecified atom stereocenters. The summed E-state index contributed by atoms with van der Waals surface area (Å²) in [5.74, 6) is -2.93. The number of unbranched alkanes of at least 4 members (excludes halogenated alkanes) is 2. The van der Waals surface area contributed by atoms with Crippen LogP contribution in [0.25, 0.3) is 4.85 Å². The van der Waals surface area contributed by atoms with E-state index < -0.39 is 23.9 Å². The molecule has 0 aromatic heterocycles. The molecule has 10 nitrogen and oxygen atoms in total. The molecular weight excluding hydrogens is 693 g/mol. The van der Waals surface area contributed by atoms with Gasteiger partial charge in [-0.1, -0.05) is 100 Å². The molecule has 2 aliphatic heterocycles. The Morgan fingerprint density at radius 2 is 1.12 bits per heavy atom. The molecule has 0 aliphatic carbocycles. The highest BCUT2D eigenvalue weighted by Gasteiger charge is 2.42. The lowest BCUT2D eigenvalue weighted by Crippen LogP contribution is -2.22. The zero-order valence-electron chi connectivity index (χ0n) is 28.0. The van der Waals surface area contributed by atoms with Crippen LogP contribution in [0.1, 0.15) is 92.9 Å². The van der Waals surface area contributed by atoms with Crippen LogP contribution in [0.15, 0.2) is 39.3 Å². The molecule has 2 heterocycles. The Kier molecular flexibility index (Phi) is 15.8. The third-order valence-electron chi connectivity index (χ3n) is 7.46. The quantitative estimate of drug-likeness (QED) is 0.0526. The minimum atomic E-state index is -0.797. The van der Waals surface area contributed by atoms with Gasteiger partial charge in [0.1, 0.15) is 6.07 Å². The van der Waals surface area contributed by atoms with Crippen molar-refractivity contribution < 1.29 is 38.1 Å². The molecule has 0 bridgehead atoms. The van der Waals surface area contributed by atoms with E-state index in [2.05, 4.69) is 4.85 Å². The van der Waals surface area contributed by atoms with Crippen LogP contribution in [0, 0.1) is 29.7 Å². The first-order chi connectivity index (χ1) is 23.1. The van der Waals surface area contributed by atoms with Crippen LogP contribution in [0.5, 0.6) is 11.5 Å². The molecule has 0 N–H and O–H groups in total. The maximum atomic E-state index is 13.7. The van der Waals surface area contributed by atoms with Gasteiger partial charge in [-0.3, -0.25) is 14.4 Å². The molecule has 1 aromatic rings. The summed E-state index contributed by atoms with van der Waals surface area (Å²) in [6.07, 6.45) is 5.87. The van der Waals surface area contributed by atoms with E-state index in [-0.39, 0.29) is 47.8 Å². The Morgan fingerprint density at radius 3 is 1.48 bits per heavy atom. The number of ether oxygens (including phenoxy) is 4. The number of carbonyl (C=O) groups is 4. The summed E-state index contributed by atoms with van der Waals surface area (Å²) in [5.41, 5.74) is -0.462. The lowest BCUT2D eigenvalue weighted by molar-refractivity contribution is -0.141. The topological polar surface area (TPSA) is 133 Å². The lowest BCUT2D eigenvalue weighted by atomic mass is 10.00. The van der Waals surface area contributed by atoms with Crippen LogP contribution >= 0.6 is 47.0 Å². The fraction of sp³-hybridized carbons (Fsp3) is 0.529. The first-order valence-corrected chi connectivity index (χ1v) is 19.4. The molecule has 0 amide bonds. The van der Waals surface area contributed by atoms with Crippen LogP contribution in [0.3, 0.4) is 0 Å². The highest BCUT2D eigenvalue weighted by molar-refractivity contribution is 8.26. The number of carbonyl (C=O) groups excluding carboxylic acids is 4. The Labute approximate surface area is 299 Å². The van der Waals surface area contributed by atoms with E-state index in [4.69, 9.17) is 25.5 Å². The number of nitriles is 1. The van der Waals surface area contributed by atoms with Gasteiger partial charge in [0.05, 0.1) is 59.7 Å². The van der Waals surface area contributed by atoms with E-state index in [1.54, 1.807) is 13.8 Å². The van der Waals surface area contributed by atoms with E-state index in [0.29, 0.717) is 53.7 Å². The molecule has 0 spiro atoms. The summed E-state index contributed by atoms with van der Waals surface area (Å²) in [5, 5.41) is 9.96. The predicted octanol–water partition coefficient (Wildman–Crippen LogP) is 9.28. The Hall–Kier alpha value is -3.04. The number of fused-ring (bicyclic) bond motifs is 2. The van der Waals surface area contributed by atoms with Gasteiger partial charge in [0, 0.05) is 0 Å². The molecule has 0 fully saturated rings. The number of nitrogens with zero attached hydrogens (tertiary/aromatic N) is 2. The van der Waals surface area contributed by atoms with Crippen molar-refractivity contribution in [3.63, 3.8) is 0 Å². The summed E-state index contributed by atoms with van der Waals surface area (Å²) >= 11 is 4.22. The highest BCUT2D eigenvalue weighted by Crippen LogP contribution is 2.68. The smallest absolute Gasteiger partial charge is 0.350 e. The van der Waals surface area contributed by atoms with Crippen molar-refractivity contribution >= 4 is 70.9 Å². The van der Waals surface area contributed by atoms with Gasteiger partial charge in [-0.25, -0.2) is 9.64 Å². The van der Waals surface area contributed by atoms with Crippen molar-refractivity contribution in [1.82, 2.24) is 0 Å². The summed E-state index contributed by atoms with van der Waals surface area (Å²) in [6.45, 7) is 19.1. The molecule has 48 heavy (non-hydrogen) atoms. The third-order valence-corrected chi connectivity index (χ3v) is 12.6. The first-order valence-electron chi connectivity index (χ1n) is 16.1. The van der Waals surface area contributed by atoms with Gasteiger partial charge < -0.3 is 18.9 Å². The van der Waals surface area contributed by atoms with Crippen molar-refractivity contribution in [3.8, 4) is 17.6 Å². The fourth-order valence-electron chi connectivity index (χ4n) is 4.78. The molecule has 2 aliphatic rings. The second kappa shape index (κ2) is 19.2. The summed E-state index contributed by atoms with van der Waals surface area (Å²) in [4.78, 5) is 57.9. The van der Waals surface area contributed by atoms with Gasteiger partial charge in [-0.15, -0.1) is 0 Å². The van der Waals surface area contributed by atoms with E-state index in [1.807, 2.05) is 33.8 Å². The number of hydrogen-bond acceptors (Lipinski definition) is 13. The molecule has 2 atom stereocenters.